The highest BCUT2D eigenvalue weighted by Gasteiger charge is 2.12. The van der Waals surface area contributed by atoms with Crippen LogP contribution in [0.15, 0.2) is 6.07 Å². The van der Waals surface area contributed by atoms with Crippen LogP contribution in [0.3, 0.4) is 0 Å². The molecular weight excluding hydrogens is 212 g/mol. The summed E-state index contributed by atoms with van der Waals surface area (Å²) in [5, 5.41) is 20.7. The third kappa shape index (κ3) is 1.49. The van der Waals surface area contributed by atoms with E-state index in [0.29, 0.717) is 11.2 Å². The molecule has 0 aliphatic carbocycles. The van der Waals surface area contributed by atoms with E-state index in [-0.39, 0.29) is 18.0 Å². The molecule has 8 heteroatoms. The number of anilines is 2. The van der Waals surface area contributed by atoms with E-state index in [1.807, 2.05) is 0 Å². The normalized spacial score (nSPS) is 10.6. The van der Waals surface area contributed by atoms with E-state index in [4.69, 9.17) is 5.73 Å². The Bertz CT molecular complexity index is 536. The lowest BCUT2D eigenvalue weighted by Gasteiger charge is -2.22. The Hall–Kier alpha value is -2.38. The molecule has 0 bridgehead atoms. The Labute approximate surface area is 90.1 Å². The fourth-order valence-corrected chi connectivity index (χ4v) is 1.37. The topological polar surface area (TPSA) is 124 Å². The summed E-state index contributed by atoms with van der Waals surface area (Å²) >= 11 is 0. The molecule has 0 aliphatic rings. The number of carbonyl (C=O) groups excluding carboxylic acids is 1. The van der Waals surface area contributed by atoms with Crippen LogP contribution in [0.4, 0.5) is 16.3 Å². The summed E-state index contributed by atoms with van der Waals surface area (Å²) in [7, 11) is 0. The third-order valence-corrected chi connectivity index (χ3v) is 2.12. The van der Waals surface area contributed by atoms with Crippen molar-refractivity contribution in [2.45, 2.75) is 6.92 Å². The number of H-pyrrole nitrogens is 1. The highest BCUT2D eigenvalue weighted by Crippen LogP contribution is 2.21. The van der Waals surface area contributed by atoms with Crippen LogP contribution in [0.1, 0.15) is 6.92 Å². The predicted octanol–water partition coefficient (Wildman–Crippen LogP) is -0.895. The molecule has 2 rings (SSSR count). The molecule has 0 atom stereocenters. The van der Waals surface area contributed by atoms with Gasteiger partial charge < -0.3 is 20.5 Å². The summed E-state index contributed by atoms with van der Waals surface area (Å²) in [6.07, 6.45) is -1.34. The van der Waals surface area contributed by atoms with Crippen molar-refractivity contribution in [1.82, 2.24) is 20.4 Å². The van der Waals surface area contributed by atoms with Crippen LogP contribution in [0, 0.1) is 0 Å². The first-order valence-corrected chi connectivity index (χ1v) is 4.59. The highest BCUT2D eigenvalue weighted by atomic mass is 16.4. The van der Waals surface area contributed by atoms with Crippen molar-refractivity contribution < 1.29 is 9.90 Å². The molecule has 0 saturated carbocycles. The van der Waals surface area contributed by atoms with Crippen LogP contribution >= 0.6 is 0 Å². The molecule has 3 N–H and O–H groups in total. The zero-order valence-electron chi connectivity index (χ0n) is 8.47. The quantitative estimate of drug-likeness (QED) is 0.677. The van der Waals surface area contributed by atoms with Gasteiger partial charge in [0.1, 0.15) is 11.9 Å². The second-order valence-electron chi connectivity index (χ2n) is 3.08. The molecule has 2 aromatic rings. The van der Waals surface area contributed by atoms with Crippen molar-refractivity contribution in [3.8, 4) is 0 Å². The molecule has 0 spiro atoms. The van der Waals surface area contributed by atoms with Crippen LogP contribution in [0.5, 0.6) is 0 Å². The Morgan fingerprint density at radius 2 is 2.38 bits per heavy atom. The second kappa shape index (κ2) is 3.65. The first-order chi connectivity index (χ1) is 7.63. The number of rotatable bonds is 2. The molecule has 1 amide bonds. The zero-order chi connectivity index (χ0) is 11.7. The summed E-state index contributed by atoms with van der Waals surface area (Å²) < 4.78 is 0. The van der Waals surface area contributed by atoms with Crippen molar-refractivity contribution in [2.24, 2.45) is 0 Å². The Kier molecular flexibility index (Phi) is 2.31. The number of nitrogens with two attached hydrogens (primary N) is 1. The number of carboxylic acid groups (broad SMARTS) is 1. The lowest BCUT2D eigenvalue weighted by molar-refractivity contribution is -0.246. The van der Waals surface area contributed by atoms with Gasteiger partial charge in [-0.1, -0.05) is 0 Å². The molecule has 8 nitrogen and oxygen atoms in total. The van der Waals surface area contributed by atoms with Crippen LogP contribution in [-0.4, -0.2) is 33.0 Å². The number of pyridine rings is 1. The van der Waals surface area contributed by atoms with Crippen molar-refractivity contribution in [3.05, 3.63) is 6.07 Å². The number of nitrogens with one attached hydrogen (secondary N) is 1. The molecule has 0 unspecified atom stereocenters. The maximum atomic E-state index is 10.8. The van der Waals surface area contributed by atoms with Gasteiger partial charge in [-0.15, -0.1) is 5.10 Å². The summed E-state index contributed by atoms with van der Waals surface area (Å²) in [5.41, 5.74) is 6.69. The minimum Gasteiger partial charge on any atom is -0.530 e. The van der Waals surface area contributed by atoms with Crippen molar-refractivity contribution >= 4 is 28.8 Å². The number of nitrogens with zero attached hydrogens (tertiary/aromatic N) is 4. The Balaban J connectivity index is 2.56. The van der Waals surface area contributed by atoms with Crippen LogP contribution in [0.25, 0.3) is 11.2 Å². The highest BCUT2D eigenvalue weighted by molar-refractivity contribution is 5.90. The molecule has 0 fully saturated rings. The largest absolute Gasteiger partial charge is 0.530 e. The molecular formula is C8H9N6O2-. The number of aromatic amines is 1. The van der Waals surface area contributed by atoms with Crippen molar-refractivity contribution in [3.63, 3.8) is 0 Å². The fourth-order valence-electron chi connectivity index (χ4n) is 1.37. The molecule has 0 saturated heterocycles. The van der Waals surface area contributed by atoms with Gasteiger partial charge in [0.15, 0.2) is 5.52 Å². The third-order valence-electron chi connectivity index (χ3n) is 2.12. The average Bonchev–Trinajstić information content (AvgIpc) is 2.66. The van der Waals surface area contributed by atoms with Crippen LogP contribution in [0.2, 0.25) is 0 Å². The van der Waals surface area contributed by atoms with Gasteiger partial charge in [-0.25, -0.2) is 4.98 Å². The van der Waals surface area contributed by atoms with Crippen molar-refractivity contribution in [2.75, 3.05) is 17.2 Å². The molecule has 0 aromatic carbocycles. The second-order valence-corrected chi connectivity index (χ2v) is 3.08. The summed E-state index contributed by atoms with van der Waals surface area (Å²) in [6.45, 7) is 1.89. The van der Waals surface area contributed by atoms with E-state index in [9.17, 15) is 9.90 Å². The van der Waals surface area contributed by atoms with Gasteiger partial charge in [-0.05, 0) is 6.92 Å². The molecule has 0 aliphatic heterocycles. The fraction of sp³-hybridized carbons (Fsp3) is 0.250. The van der Waals surface area contributed by atoms with E-state index >= 15 is 0 Å². The number of carbonyl (C=O) groups is 1. The van der Waals surface area contributed by atoms with E-state index in [1.165, 1.54) is 6.07 Å². The first kappa shape index (κ1) is 10.1. The molecule has 0 radical (unpaired) electrons. The maximum absolute atomic E-state index is 10.8. The monoisotopic (exact) mass is 221 g/mol. The number of nitrogen functional groups attached to an aromatic ring is 1. The van der Waals surface area contributed by atoms with Crippen LogP contribution < -0.4 is 15.7 Å². The van der Waals surface area contributed by atoms with E-state index in [0.717, 1.165) is 4.90 Å². The lowest BCUT2D eigenvalue weighted by Crippen LogP contribution is -2.41. The molecule has 84 valence electrons. The SMILES string of the molecule is CCN(C(=O)[O-])c1cc(N)c2n[nH]nc2n1. The predicted molar refractivity (Wildman–Crippen MR) is 54.5 cm³/mol. The minimum absolute atomic E-state index is 0.182. The van der Waals surface area contributed by atoms with Crippen LogP contribution in [-0.2, 0) is 0 Å². The molecule has 16 heavy (non-hydrogen) atoms. The summed E-state index contributed by atoms with van der Waals surface area (Å²) in [5.74, 6) is 0.182. The van der Waals surface area contributed by atoms with Gasteiger partial charge >= 0.3 is 0 Å². The van der Waals surface area contributed by atoms with Crippen molar-refractivity contribution in [1.29, 1.82) is 0 Å². The smallest absolute Gasteiger partial charge is 0.205 e. The molecule has 2 aromatic heterocycles. The lowest BCUT2D eigenvalue weighted by atomic mass is 10.3. The number of amides is 1. The Morgan fingerprint density at radius 1 is 1.62 bits per heavy atom. The van der Waals surface area contributed by atoms with Gasteiger partial charge in [0.2, 0.25) is 5.65 Å². The number of hydrogen-bond donors (Lipinski definition) is 2. The standard InChI is InChI=1S/C8H10N6O2/c1-2-14(8(15)16)5-3-4(9)6-7(10-5)12-13-11-6/h3H,2H2,1H3,(H,15,16)(H3,9,10,11,12,13)/p-1. The zero-order valence-corrected chi connectivity index (χ0v) is 8.47. The summed E-state index contributed by atoms with van der Waals surface area (Å²) in [6, 6.07) is 1.42. The van der Waals surface area contributed by atoms with E-state index < -0.39 is 6.09 Å². The van der Waals surface area contributed by atoms with Gasteiger partial charge in [-0.2, -0.15) is 10.3 Å². The van der Waals surface area contributed by atoms with Gasteiger partial charge in [0.05, 0.1) is 5.69 Å². The first-order valence-electron chi connectivity index (χ1n) is 4.59. The average molecular weight is 221 g/mol. The van der Waals surface area contributed by atoms with Gasteiger partial charge in [0, 0.05) is 12.6 Å². The van der Waals surface area contributed by atoms with E-state index in [2.05, 4.69) is 20.4 Å². The van der Waals surface area contributed by atoms with Gasteiger partial charge in [-0.3, -0.25) is 0 Å². The van der Waals surface area contributed by atoms with E-state index in [1.54, 1.807) is 6.92 Å². The van der Waals surface area contributed by atoms with Gasteiger partial charge in [0.25, 0.3) is 0 Å². The Morgan fingerprint density at radius 3 is 3.00 bits per heavy atom. The molecule has 2 heterocycles. The number of hydrogen-bond acceptors (Lipinski definition) is 6. The maximum Gasteiger partial charge on any atom is 0.205 e. The number of fused-ring (bicyclic) bond motifs is 1. The minimum atomic E-state index is -1.34. The number of aromatic nitrogens is 4. The summed E-state index contributed by atoms with van der Waals surface area (Å²) in [4.78, 5) is 15.8.